The molecular formula is C28H39BrO8. The minimum Gasteiger partial charge on any atom is -0.465 e. The van der Waals surface area contributed by atoms with Gasteiger partial charge in [0.2, 0.25) is 0 Å². The van der Waals surface area contributed by atoms with Gasteiger partial charge in [-0.25, -0.2) is 0 Å². The van der Waals surface area contributed by atoms with Crippen LogP contribution in [0.15, 0.2) is 11.6 Å². The molecule has 4 aliphatic rings. The average Bonchev–Trinajstić information content (AvgIpc) is 3.53. The Kier molecular flexibility index (Phi) is 7.60. The number of hydrogen-bond acceptors (Lipinski definition) is 8. The van der Waals surface area contributed by atoms with Gasteiger partial charge in [-0.05, 0) is 48.9 Å². The van der Waals surface area contributed by atoms with Crippen LogP contribution in [0.2, 0.25) is 0 Å². The molecule has 0 aromatic carbocycles. The predicted molar refractivity (Wildman–Crippen MR) is 137 cm³/mol. The lowest BCUT2D eigenvalue weighted by Gasteiger charge is -2.59. The maximum Gasteiger partial charge on any atom is 0.302 e. The van der Waals surface area contributed by atoms with Crippen LogP contribution in [0.5, 0.6) is 0 Å². The van der Waals surface area contributed by atoms with Crippen LogP contribution < -0.4 is 0 Å². The number of rotatable bonds is 7. The van der Waals surface area contributed by atoms with Gasteiger partial charge in [-0.3, -0.25) is 19.2 Å². The number of carbonyl (C=O) groups is 4. The fraction of sp³-hybridized carbons (Fsp3) is 0.786. The van der Waals surface area contributed by atoms with E-state index < -0.39 is 0 Å². The zero-order valence-corrected chi connectivity index (χ0v) is 24.2. The van der Waals surface area contributed by atoms with E-state index in [1.165, 1.54) is 33.3 Å². The van der Waals surface area contributed by atoms with E-state index in [1.54, 1.807) is 0 Å². The molecule has 8 nitrogen and oxygen atoms in total. The maximum absolute atomic E-state index is 12.2. The molecule has 3 fully saturated rings. The summed E-state index contributed by atoms with van der Waals surface area (Å²) in [6.45, 7) is 10.7. The molecular weight excluding hydrogens is 544 g/mol. The highest BCUT2D eigenvalue weighted by Crippen LogP contribution is 2.74. The van der Waals surface area contributed by atoms with E-state index in [0.29, 0.717) is 12.8 Å². The molecule has 0 heterocycles. The molecule has 0 spiro atoms. The lowest BCUT2D eigenvalue weighted by Crippen LogP contribution is -2.56. The topological polar surface area (TPSA) is 105 Å². The summed E-state index contributed by atoms with van der Waals surface area (Å²) < 4.78 is 22.7. The summed E-state index contributed by atoms with van der Waals surface area (Å²) in [6, 6.07) is 0. The Labute approximate surface area is 227 Å². The molecule has 0 saturated heterocycles. The summed E-state index contributed by atoms with van der Waals surface area (Å²) in [5.41, 5.74) is 0.418. The van der Waals surface area contributed by atoms with Crippen molar-refractivity contribution in [2.75, 3.05) is 13.2 Å². The average molecular weight is 584 g/mol. The molecule has 0 bridgehead atoms. The Balaban J connectivity index is 1.72. The van der Waals surface area contributed by atoms with Crippen LogP contribution >= 0.6 is 15.9 Å². The zero-order valence-electron chi connectivity index (χ0n) is 22.6. The third-order valence-corrected chi connectivity index (χ3v) is 10.9. The first-order valence-corrected chi connectivity index (χ1v) is 14.1. The summed E-state index contributed by atoms with van der Waals surface area (Å²) in [5, 5.41) is 0. The van der Waals surface area contributed by atoms with Crippen LogP contribution in [-0.2, 0) is 38.1 Å². The van der Waals surface area contributed by atoms with E-state index in [9.17, 15) is 19.2 Å². The van der Waals surface area contributed by atoms with Crippen molar-refractivity contribution in [3.8, 4) is 0 Å². The van der Waals surface area contributed by atoms with Gasteiger partial charge in [-0.15, -0.1) is 0 Å². The molecule has 0 aromatic heterocycles. The van der Waals surface area contributed by atoms with E-state index >= 15 is 0 Å². The summed E-state index contributed by atoms with van der Waals surface area (Å²) in [7, 11) is 0. The Hall–Kier alpha value is -1.90. The number of ether oxygens (including phenoxy) is 4. The molecule has 9 atom stereocenters. The first-order valence-electron chi connectivity index (χ1n) is 13.2. The van der Waals surface area contributed by atoms with Gasteiger partial charge >= 0.3 is 23.9 Å². The summed E-state index contributed by atoms with van der Waals surface area (Å²) in [6.07, 6.45) is 5.42. The molecule has 0 aliphatic heterocycles. The van der Waals surface area contributed by atoms with Crippen molar-refractivity contribution in [3.63, 3.8) is 0 Å². The number of allylic oxidation sites excluding steroid dienone is 1. The number of halogens is 1. The molecule has 0 N–H and O–H groups in total. The first-order chi connectivity index (χ1) is 17.2. The van der Waals surface area contributed by atoms with E-state index in [0.717, 1.165) is 19.3 Å². The summed E-state index contributed by atoms with van der Waals surface area (Å²) in [5.74, 6) is -1.04. The highest BCUT2D eigenvalue weighted by Gasteiger charge is 2.73. The summed E-state index contributed by atoms with van der Waals surface area (Å²) in [4.78, 5) is 47.4. The second-order valence-corrected chi connectivity index (χ2v) is 13.2. The third-order valence-electron chi connectivity index (χ3n) is 9.53. The minimum atomic E-state index is -0.328. The van der Waals surface area contributed by atoms with Gasteiger partial charge < -0.3 is 18.9 Å². The molecule has 3 saturated carbocycles. The zero-order chi connectivity index (χ0) is 27.3. The normalized spacial score (nSPS) is 40.5. The number of carbonyl (C=O) groups excluding carboxylic acids is 4. The number of fused-ring (bicyclic) bond motifs is 5. The Morgan fingerprint density at radius 1 is 0.919 bits per heavy atom. The lowest BCUT2D eigenvalue weighted by atomic mass is 9.48. The predicted octanol–water partition coefficient (Wildman–Crippen LogP) is 4.52. The smallest absolute Gasteiger partial charge is 0.302 e. The molecule has 206 valence electrons. The largest absolute Gasteiger partial charge is 0.465 e. The first kappa shape index (κ1) is 28.1. The van der Waals surface area contributed by atoms with Crippen molar-refractivity contribution >= 4 is 39.8 Å². The van der Waals surface area contributed by atoms with E-state index in [-0.39, 0.29) is 88.1 Å². The second kappa shape index (κ2) is 10.0. The highest BCUT2D eigenvalue weighted by atomic mass is 79.9. The molecule has 0 aromatic rings. The minimum absolute atomic E-state index is 0.0136. The van der Waals surface area contributed by atoms with Gasteiger partial charge in [0, 0.05) is 44.9 Å². The highest BCUT2D eigenvalue weighted by molar-refractivity contribution is 9.09. The molecule has 9 heteroatoms. The molecule has 0 radical (unpaired) electrons. The van der Waals surface area contributed by atoms with Crippen LogP contribution in [0.25, 0.3) is 0 Å². The molecule has 4 aliphatic carbocycles. The van der Waals surface area contributed by atoms with Crippen LogP contribution in [0.1, 0.15) is 73.6 Å². The molecule has 4 rings (SSSR count). The quantitative estimate of drug-likeness (QED) is 0.187. The number of esters is 4. The van der Waals surface area contributed by atoms with E-state index in [2.05, 4.69) is 35.9 Å². The lowest BCUT2D eigenvalue weighted by molar-refractivity contribution is -0.170. The van der Waals surface area contributed by atoms with Crippen molar-refractivity contribution in [3.05, 3.63) is 11.6 Å². The van der Waals surface area contributed by atoms with Gasteiger partial charge in [0.25, 0.3) is 0 Å². The Morgan fingerprint density at radius 3 is 2.14 bits per heavy atom. The van der Waals surface area contributed by atoms with Crippen molar-refractivity contribution in [2.24, 2.45) is 34.0 Å². The van der Waals surface area contributed by atoms with Crippen LogP contribution in [0.4, 0.5) is 0 Å². The van der Waals surface area contributed by atoms with Crippen molar-refractivity contribution in [2.45, 2.75) is 90.7 Å². The monoisotopic (exact) mass is 582 g/mol. The number of alkyl halides is 1. The van der Waals surface area contributed by atoms with Gasteiger partial charge in [0.05, 0.1) is 11.4 Å². The Morgan fingerprint density at radius 2 is 1.54 bits per heavy atom. The fourth-order valence-corrected chi connectivity index (χ4v) is 8.32. The van der Waals surface area contributed by atoms with Gasteiger partial charge in [-0.1, -0.05) is 41.4 Å². The maximum atomic E-state index is 12.2. The van der Waals surface area contributed by atoms with Gasteiger partial charge in [-0.2, -0.15) is 0 Å². The van der Waals surface area contributed by atoms with Gasteiger partial charge in [0.15, 0.2) is 0 Å². The molecule has 37 heavy (non-hydrogen) atoms. The van der Waals surface area contributed by atoms with E-state index in [4.69, 9.17) is 18.9 Å². The molecule has 0 unspecified atom stereocenters. The van der Waals surface area contributed by atoms with Crippen LogP contribution in [0.3, 0.4) is 0 Å². The standard InChI is InChI=1S/C28H39BrO8/c1-15(30)34-13-25(29)26(5)8-7-20-19(10-26)22(36-17(3)32)9-24-27(20,6)12-23(37-18(4)33)21-11-28(21,24)14-35-16(2)31/h7,19,21-25H,8-14H2,1-6H3/t19-,21+,22-,23-,24+,25+,26-,27+,28+/m1/s1. The van der Waals surface area contributed by atoms with Crippen LogP contribution in [0, 0.1) is 34.0 Å². The second-order valence-electron chi connectivity index (χ2n) is 12.1. The van der Waals surface area contributed by atoms with Gasteiger partial charge in [0.1, 0.15) is 18.8 Å². The fourth-order valence-electron chi connectivity index (χ4n) is 7.81. The molecule has 0 amide bonds. The SMILES string of the molecule is CC(=O)OC[C@H](Br)[C@]1(C)CC=C2[C@@H](C1)[C@H](OC(C)=O)C[C@@H]1[C@]3(COC(C)=O)C[C@H]3[C@H](OC(C)=O)C[C@@]21C. The van der Waals surface area contributed by atoms with Crippen LogP contribution in [-0.4, -0.2) is 54.1 Å². The number of hydrogen-bond donors (Lipinski definition) is 0. The van der Waals surface area contributed by atoms with Crippen molar-refractivity contribution in [1.29, 1.82) is 0 Å². The third kappa shape index (κ3) is 5.21. The summed E-state index contributed by atoms with van der Waals surface area (Å²) >= 11 is 3.77. The van der Waals surface area contributed by atoms with Crippen molar-refractivity contribution in [1.82, 2.24) is 0 Å². The Bertz CT molecular complexity index is 1010. The van der Waals surface area contributed by atoms with Crippen molar-refractivity contribution < 1.29 is 38.1 Å². The van der Waals surface area contributed by atoms with E-state index in [1.807, 2.05) is 0 Å².